The van der Waals surface area contributed by atoms with Crippen LogP contribution in [0.1, 0.15) is 25.0 Å². The van der Waals surface area contributed by atoms with E-state index < -0.39 is 0 Å². The van der Waals surface area contributed by atoms with Gasteiger partial charge < -0.3 is 4.74 Å². The molecule has 0 spiro atoms. The molecule has 0 aliphatic rings. The second-order valence-electron chi connectivity index (χ2n) is 4.31. The van der Waals surface area contributed by atoms with E-state index in [1.165, 1.54) is 11.1 Å². The lowest BCUT2D eigenvalue weighted by molar-refractivity contribution is 0.471. The summed E-state index contributed by atoms with van der Waals surface area (Å²) in [5.74, 6) is 1.87. The zero-order valence-electron chi connectivity index (χ0n) is 11.0. The number of benzene rings is 2. The topological polar surface area (TPSA) is 9.23 Å². The second kappa shape index (κ2) is 6.58. The fourth-order valence-corrected chi connectivity index (χ4v) is 2.78. The normalized spacial score (nSPS) is 10.5. The molecule has 2 aromatic rings. The lowest BCUT2D eigenvalue weighted by Gasteiger charge is -2.13. The predicted octanol–water partition coefficient (Wildman–Crippen LogP) is 6.13. The molecule has 100 valence electrons. The van der Waals surface area contributed by atoms with Crippen molar-refractivity contribution < 1.29 is 4.74 Å². The molecular weight excluding hydrogens is 368 g/mol. The highest BCUT2D eigenvalue weighted by atomic mass is 79.9. The summed E-state index contributed by atoms with van der Waals surface area (Å²) >= 11 is 7.00. The van der Waals surface area contributed by atoms with E-state index in [0.717, 1.165) is 33.3 Å². The maximum Gasteiger partial charge on any atom is 0.130 e. The molecule has 3 heteroatoms. The Hall–Kier alpha value is -0.800. The van der Waals surface area contributed by atoms with Gasteiger partial charge in [-0.25, -0.2) is 0 Å². The second-order valence-corrected chi connectivity index (χ2v) is 6.14. The lowest BCUT2D eigenvalue weighted by atomic mass is 10.1. The molecule has 0 amide bonds. The zero-order valence-corrected chi connectivity index (χ0v) is 14.2. The van der Waals surface area contributed by atoms with Gasteiger partial charge in [-0.15, -0.1) is 0 Å². The predicted molar refractivity (Wildman–Crippen MR) is 87.1 cm³/mol. The van der Waals surface area contributed by atoms with Crippen LogP contribution in [-0.4, -0.2) is 0 Å². The van der Waals surface area contributed by atoms with Crippen molar-refractivity contribution in [2.24, 2.45) is 0 Å². The van der Waals surface area contributed by atoms with Crippen molar-refractivity contribution in [3.63, 3.8) is 0 Å². The summed E-state index contributed by atoms with van der Waals surface area (Å²) in [5.41, 5.74) is 2.42. The van der Waals surface area contributed by atoms with Gasteiger partial charge in [0.1, 0.15) is 11.5 Å². The van der Waals surface area contributed by atoms with Gasteiger partial charge in [0.15, 0.2) is 0 Å². The van der Waals surface area contributed by atoms with Gasteiger partial charge in [0.2, 0.25) is 0 Å². The van der Waals surface area contributed by atoms with Crippen LogP contribution in [0.5, 0.6) is 11.5 Å². The van der Waals surface area contributed by atoms with E-state index in [-0.39, 0.29) is 0 Å². The molecule has 0 aliphatic heterocycles. The molecule has 0 aliphatic carbocycles. The van der Waals surface area contributed by atoms with Crippen molar-refractivity contribution in [1.29, 1.82) is 0 Å². The zero-order chi connectivity index (χ0) is 13.8. The first kappa shape index (κ1) is 14.6. The number of hydrogen-bond acceptors (Lipinski definition) is 1. The molecular formula is C16H16Br2O. The molecule has 0 heterocycles. The monoisotopic (exact) mass is 382 g/mol. The number of ether oxygens (including phenoxy) is 1. The van der Waals surface area contributed by atoms with Crippen molar-refractivity contribution in [2.45, 2.75) is 26.7 Å². The average Bonchev–Trinajstić information content (AvgIpc) is 2.42. The van der Waals surface area contributed by atoms with E-state index in [0.29, 0.717) is 0 Å². The summed E-state index contributed by atoms with van der Waals surface area (Å²) in [7, 11) is 0. The molecule has 0 unspecified atom stereocenters. The van der Waals surface area contributed by atoms with Gasteiger partial charge >= 0.3 is 0 Å². The van der Waals surface area contributed by atoms with Crippen molar-refractivity contribution >= 4 is 31.9 Å². The number of hydrogen-bond donors (Lipinski definition) is 0. The van der Waals surface area contributed by atoms with Crippen LogP contribution in [-0.2, 0) is 12.8 Å². The number of aryl methyl sites for hydroxylation is 2. The van der Waals surface area contributed by atoms with Crippen LogP contribution in [0.25, 0.3) is 0 Å². The quantitative estimate of drug-likeness (QED) is 0.617. The highest BCUT2D eigenvalue weighted by Crippen LogP contribution is 2.32. The summed E-state index contributed by atoms with van der Waals surface area (Å²) in [6.07, 6.45) is 1.90. The van der Waals surface area contributed by atoms with Crippen LogP contribution in [0.2, 0.25) is 0 Å². The number of rotatable bonds is 4. The van der Waals surface area contributed by atoms with E-state index in [1.54, 1.807) is 0 Å². The smallest absolute Gasteiger partial charge is 0.130 e. The standard InChI is InChI=1S/C16H16Br2O/c1-3-11-9-13(17)5-7-15(11)19-16-8-6-14(18)10-12(16)4-2/h5-10H,3-4H2,1-2H3. The first-order valence-corrected chi connectivity index (χ1v) is 7.97. The molecule has 2 aromatic carbocycles. The van der Waals surface area contributed by atoms with E-state index in [4.69, 9.17) is 4.74 Å². The van der Waals surface area contributed by atoms with Gasteiger partial charge in [0.05, 0.1) is 0 Å². The molecule has 19 heavy (non-hydrogen) atoms. The van der Waals surface area contributed by atoms with Crippen LogP contribution < -0.4 is 4.74 Å². The van der Waals surface area contributed by atoms with Gasteiger partial charge in [0.25, 0.3) is 0 Å². The largest absolute Gasteiger partial charge is 0.457 e. The molecule has 0 saturated carbocycles. The Morgan fingerprint density at radius 1 is 0.789 bits per heavy atom. The van der Waals surface area contributed by atoms with Crippen LogP contribution in [0, 0.1) is 0 Å². The van der Waals surface area contributed by atoms with Crippen LogP contribution in [0.15, 0.2) is 45.3 Å². The third kappa shape index (κ3) is 3.61. The van der Waals surface area contributed by atoms with E-state index in [9.17, 15) is 0 Å². The Balaban J connectivity index is 2.36. The van der Waals surface area contributed by atoms with E-state index in [2.05, 4.69) is 57.8 Å². The first-order chi connectivity index (χ1) is 9.13. The van der Waals surface area contributed by atoms with Crippen LogP contribution in [0.4, 0.5) is 0 Å². The average molecular weight is 384 g/mol. The van der Waals surface area contributed by atoms with Gasteiger partial charge in [-0.1, -0.05) is 45.7 Å². The van der Waals surface area contributed by atoms with E-state index in [1.807, 2.05) is 24.3 Å². The van der Waals surface area contributed by atoms with E-state index >= 15 is 0 Å². The van der Waals surface area contributed by atoms with Gasteiger partial charge in [-0.05, 0) is 60.4 Å². The summed E-state index contributed by atoms with van der Waals surface area (Å²) in [5, 5.41) is 0. The molecule has 2 rings (SSSR count). The molecule has 0 atom stereocenters. The molecule has 0 fully saturated rings. The van der Waals surface area contributed by atoms with Crippen molar-refractivity contribution in [3.05, 3.63) is 56.5 Å². The SMILES string of the molecule is CCc1cc(Br)ccc1Oc1ccc(Br)cc1CC. The minimum Gasteiger partial charge on any atom is -0.457 e. The molecule has 0 aromatic heterocycles. The summed E-state index contributed by atoms with van der Waals surface area (Å²) in [6, 6.07) is 12.3. The Labute approximate surface area is 131 Å². The minimum atomic E-state index is 0.933. The Kier molecular flexibility index (Phi) is 5.06. The minimum absolute atomic E-state index is 0.933. The number of halogens is 2. The first-order valence-electron chi connectivity index (χ1n) is 6.38. The highest BCUT2D eigenvalue weighted by molar-refractivity contribution is 9.10. The lowest BCUT2D eigenvalue weighted by Crippen LogP contribution is -1.94. The van der Waals surface area contributed by atoms with Crippen molar-refractivity contribution in [3.8, 4) is 11.5 Å². The van der Waals surface area contributed by atoms with Crippen molar-refractivity contribution in [1.82, 2.24) is 0 Å². The maximum atomic E-state index is 6.09. The fourth-order valence-electron chi connectivity index (χ4n) is 1.97. The molecule has 0 bridgehead atoms. The Morgan fingerprint density at radius 2 is 1.21 bits per heavy atom. The van der Waals surface area contributed by atoms with Gasteiger partial charge in [-0.2, -0.15) is 0 Å². The molecule has 0 saturated heterocycles. The molecule has 1 nitrogen and oxygen atoms in total. The summed E-state index contributed by atoms with van der Waals surface area (Å²) in [6.45, 7) is 4.27. The van der Waals surface area contributed by atoms with Crippen LogP contribution in [0.3, 0.4) is 0 Å². The van der Waals surface area contributed by atoms with Gasteiger partial charge in [0, 0.05) is 8.95 Å². The maximum absolute atomic E-state index is 6.09. The third-order valence-electron chi connectivity index (χ3n) is 3.03. The molecule has 0 N–H and O–H groups in total. The third-order valence-corrected chi connectivity index (χ3v) is 4.01. The van der Waals surface area contributed by atoms with Gasteiger partial charge in [-0.3, -0.25) is 0 Å². The highest BCUT2D eigenvalue weighted by Gasteiger charge is 2.08. The molecule has 0 radical (unpaired) electrons. The van der Waals surface area contributed by atoms with Crippen molar-refractivity contribution in [2.75, 3.05) is 0 Å². The summed E-state index contributed by atoms with van der Waals surface area (Å²) < 4.78 is 8.26. The Bertz CT molecular complexity index is 527. The van der Waals surface area contributed by atoms with Crippen LogP contribution >= 0.6 is 31.9 Å². The Morgan fingerprint density at radius 3 is 1.58 bits per heavy atom. The fraction of sp³-hybridized carbons (Fsp3) is 0.250. The summed E-state index contributed by atoms with van der Waals surface area (Å²) in [4.78, 5) is 0.